The lowest BCUT2D eigenvalue weighted by molar-refractivity contribution is -0.123. The molecule has 0 aliphatic carbocycles. The van der Waals surface area contributed by atoms with Crippen LogP contribution in [-0.2, 0) is 11.2 Å². The lowest BCUT2D eigenvalue weighted by Crippen LogP contribution is -2.30. The number of ether oxygens (including phenoxy) is 1. The Bertz CT molecular complexity index is 1220. The number of rotatable bonds is 7. The number of fused-ring (bicyclic) bond motifs is 1. The van der Waals surface area contributed by atoms with Crippen molar-refractivity contribution >= 4 is 16.9 Å². The van der Waals surface area contributed by atoms with Crippen LogP contribution in [0.1, 0.15) is 11.3 Å². The zero-order valence-corrected chi connectivity index (χ0v) is 16.4. The first-order valence-electron chi connectivity index (χ1n) is 9.52. The molecule has 7 heteroatoms. The monoisotopic (exact) mass is 404 g/mol. The quantitative estimate of drug-likeness (QED) is 0.474. The first-order chi connectivity index (χ1) is 14.6. The molecule has 0 aliphatic heterocycles. The van der Waals surface area contributed by atoms with E-state index in [-0.39, 0.29) is 12.5 Å². The van der Waals surface area contributed by atoms with Crippen LogP contribution in [0.5, 0.6) is 5.75 Å². The van der Waals surface area contributed by atoms with Crippen LogP contribution in [0.15, 0.2) is 74.5 Å². The Balaban J connectivity index is 1.25. The third kappa shape index (κ3) is 4.75. The fourth-order valence-electron chi connectivity index (χ4n) is 2.91. The highest BCUT2D eigenvalue weighted by molar-refractivity contribution is 5.79. The van der Waals surface area contributed by atoms with Crippen LogP contribution >= 0.6 is 0 Å². The van der Waals surface area contributed by atoms with Crippen molar-refractivity contribution in [3.05, 3.63) is 82.5 Å². The molecule has 1 amide bonds. The zero-order chi connectivity index (χ0) is 20.9. The first-order valence-corrected chi connectivity index (χ1v) is 9.52. The summed E-state index contributed by atoms with van der Waals surface area (Å²) in [6.45, 7) is 2.29. The van der Waals surface area contributed by atoms with E-state index < -0.39 is 5.63 Å². The predicted molar refractivity (Wildman–Crippen MR) is 111 cm³/mol. The number of amides is 1. The molecule has 0 aliphatic rings. The molecule has 1 N–H and O–H groups in total. The van der Waals surface area contributed by atoms with E-state index in [1.807, 2.05) is 31.2 Å². The Morgan fingerprint density at radius 1 is 1.10 bits per heavy atom. The molecule has 4 aromatic rings. The van der Waals surface area contributed by atoms with Gasteiger partial charge in [-0.25, -0.2) is 9.78 Å². The van der Waals surface area contributed by atoms with Crippen molar-refractivity contribution in [2.24, 2.45) is 0 Å². The summed E-state index contributed by atoms with van der Waals surface area (Å²) in [6.07, 6.45) is 2.14. The summed E-state index contributed by atoms with van der Waals surface area (Å²) in [6, 6.07) is 16.0. The fraction of sp³-hybridized carbons (Fsp3) is 0.174. The Morgan fingerprint density at radius 2 is 1.90 bits per heavy atom. The Hall–Kier alpha value is -3.87. The molecule has 30 heavy (non-hydrogen) atoms. The van der Waals surface area contributed by atoms with Crippen LogP contribution in [0, 0.1) is 6.92 Å². The highest BCUT2D eigenvalue weighted by Crippen LogP contribution is 2.20. The smallest absolute Gasteiger partial charge is 0.336 e. The summed E-state index contributed by atoms with van der Waals surface area (Å²) in [5, 5.41) is 3.57. The van der Waals surface area contributed by atoms with Gasteiger partial charge in [0.1, 0.15) is 17.6 Å². The number of carbonyl (C=O) groups excluding carboxylic acids is 1. The Morgan fingerprint density at radius 3 is 2.73 bits per heavy atom. The van der Waals surface area contributed by atoms with Gasteiger partial charge in [-0.3, -0.25) is 4.79 Å². The molecular formula is C23H20N2O5. The van der Waals surface area contributed by atoms with E-state index in [4.69, 9.17) is 13.6 Å². The van der Waals surface area contributed by atoms with Crippen molar-refractivity contribution in [2.45, 2.75) is 13.3 Å². The molecule has 0 unspecified atom stereocenters. The van der Waals surface area contributed by atoms with E-state index in [1.165, 1.54) is 11.6 Å². The van der Waals surface area contributed by atoms with Gasteiger partial charge in [-0.2, -0.15) is 0 Å². The van der Waals surface area contributed by atoms with Crippen molar-refractivity contribution in [1.29, 1.82) is 0 Å². The summed E-state index contributed by atoms with van der Waals surface area (Å²) in [5.41, 5.74) is 2.82. The molecule has 0 spiro atoms. The van der Waals surface area contributed by atoms with Gasteiger partial charge in [0.05, 0.1) is 5.69 Å². The van der Waals surface area contributed by atoms with Gasteiger partial charge >= 0.3 is 5.63 Å². The third-order valence-corrected chi connectivity index (χ3v) is 4.52. The Labute approximate surface area is 172 Å². The molecule has 2 aromatic heterocycles. The van der Waals surface area contributed by atoms with Gasteiger partial charge in [-0.15, -0.1) is 0 Å². The SMILES string of the molecule is Cc1ccc(-c2nc(CCNC(=O)COc3ccc4ccc(=O)oc4c3)co2)cc1. The molecule has 4 rings (SSSR count). The maximum absolute atomic E-state index is 12.0. The molecule has 0 saturated carbocycles. The van der Waals surface area contributed by atoms with Crippen LogP contribution < -0.4 is 15.7 Å². The minimum atomic E-state index is -0.434. The predicted octanol–water partition coefficient (Wildman–Crippen LogP) is 3.49. The van der Waals surface area contributed by atoms with E-state index in [0.717, 1.165) is 16.6 Å². The largest absolute Gasteiger partial charge is 0.484 e. The molecule has 2 aromatic carbocycles. The van der Waals surface area contributed by atoms with E-state index in [2.05, 4.69) is 10.3 Å². The van der Waals surface area contributed by atoms with Crippen LogP contribution in [-0.4, -0.2) is 24.0 Å². The maximum Gasteiger partial charge on any atom is 0.336 e. The number of hydrogen-bond donors (Lipinski definition) is 1. The summed E-state index contributed by atoms with van der Waals surface area (Å²) in [5.74, 6) is 0.751. The third-order valence-electron chi connectivity index (χ3n) is 4.52. The lowest BCUT2D eigenvalue weighted by Gasteiger charge is -2.07. The number of hydrogen-bond acceptors (Lipinski definition) is 6. The summed E-state index contributed by atoms with van der Waals surface area (Å²) in [7, 11) is 0. The van der Waals surface area contributed by atoms with E-state index >= 15 is 0 Å². The molecule has 0 bridgehead atoms. The van der Waals surface area contributed by atoms with Gasteiger partial charge in [0.25, 0.3) is 5.91 Å². The van der Waals surface area contributed by atoms with Gasteiger partial charge < -0.3 is 18.9 Å². The van der Waals surface area contributed by atoms with Gasteiger partial charge in [-0.05, 0) is 37.3 Å². The van der Waals surface area contributed by atoms with Crippen LogP contribution in [0.2, 0.25) is 0 Å². The van der Waals surface area contributed by atoms with Crippen LogP contribution in [0.25, 0.3) is 22.4 Å². The molecule has 2 heterocycles. The number of aromatic nitrogens is 1. The highest BCUT2D eigenvalue weighted by Gasteiger charge is 2.08. The van der Waals surface area contributed by atoms with Crippen molar-refractivity contribution in [3.63, 3.8) is 0 Å². The van der Waals surface area contributed by atoms with Crippen molar-refractivity contribution < 1.29 is 18.4 Å². The molecule has 0 saturated heterocycles. The first kappa shape index (κ1) is 19.4. The standard InChI is InChI=1S/C23H20N2O5/c1-15-2-4-17(5-3-15)23-25-18(13-29-23)10-11-24-21(26)14-28-19-8-6-16-7-9-22(27)30-20(16)12-19/h2-9,12-13H,10-11,14H2,1H3,(H,24,26). The van der Waals surface area contributed by atoms with Gasteiger partial charge in [0.15, 0.2) is 6.61 Å². The molecule has 0 atom stereocenters. The molecule has 7 nitrogen and oxygen atoms in total. The average molecular weight is 404 g/mol. The topological polar surface area (TPSA) is 94.6 Å². The average Bonchev–Trinajstić information content (AvgIpc) is 3.21. The van der Waals surface area contributed by atoms with E-state index in [0.29, 0.717) is 30.2 Å². The van der Waals surface area contributed by atoms with Gasteiger partial charge in [0.2, 0.25) is 5.89 Å². The summed E-state index contributed by atoms with van der Waals surface area (Å²) < 4.78 is 16.1. The minimum Gasteiger partial charge on any atom is -0.484 e. The second-order valence-electron chi connectivity index (χ2n) is 6.85. The summed E-state index contributed by atoms with van der Waals surface area (Å²) in [4.78, 5) is 27.8. The van der Waals surface area contributed by atoms with Crippen LogP contribution in [0.4, 0.5) is 0 Å². The van der Waals surface area contributed by atoms with Crippen molar-refractivity contribution in [3.8, 4) is 17.2 Å². The number of carbonyl (C=O) groups is 1. The van der Waals surface area contributed by atoms with E-state index in [1.54, 1.807) is 30.5 Å². The van der Waals surface area contributed by atoms with Gasteiger partial charge in [0, 0.05) is 36.0 Å². The fourth-order valence-corrected chi connectivity index (χ4v) is 2.91. The number of nitrogens with one attached hydrogen (secondary N) is 1. The number of aryl methyl sites for hydroxylation is 1. The normalized spacial score (nSPS) is 10.8. The number of nitrogens with zero attached hydrogens (tertiary/aromatic N) is 1. The summed E-state index contributed by atoms with van der Waals surface area (Å²) >= 11 is 0. The second kappa shape index (κ2) is 8.65. The van der Waals surface area contributed by atoms with E-state index in [9.17, 15) is 9.59 Å². The Kier molecular flexibility index (Phi) is 5.61. The number of oxazole rings is 1. The second-order valence-corrected chi connectivity index (χ2v) is 6.85. The molecular weight excluding hydrogens is 384 g/mol. The highest BCUT2D eigenvalue weighted by atomic mass is 16.5. The molecule has 0 radical (unpaired) electrons. The maximum atomic E-state index is 12.0. The van der Waals surface area contributed by atoms with Crippen molar-refractivity contribution in [2.75, 3.05) is 13.2 Å². The molecule has 152 valence electrons. The number of benzene rings is 2. The van der Waals surface area contributed by atoms with Crippen LogP contribution in [0.3, 0.4) is 0 Å². The van der Waals surface area contributed by atoms with Crippen molar-refractivity contribution in [1.82, 2.24) is 10.3 Å². The minimum absolute atomic E-state index is 0.143. The molecule has 0 fully saturated rings. The zero-order valence-electron chi connectivity index (χ0n) is 16.4. The van der Waals surface area contributed by atoms with Gasteiger partial charge in [-0.1, -0.05) is 17.7 Å². The lowest BCUT2D eigenvalue weighted by atomic mass is 10.1.